The van der Waals surface area contributed by atoms with Crippen LogP contribution in [-0.2, 0) is 16.0 Å². The molecule has 0 amide bonds. The molecule has 88 valence electrons. The predicted octanol–water partition coefficient (Wildman–Crippen LogP) is 1.90. The third-order valence-electron chi connectivity index (χ3n) is 2.10. The SMILES string of the molecule is Cc1cc(O)c(CC(=O)OC(C)C)cc1O. The molecule has 0 saturated carbocycles. The normalized spacial score (nSPS) is 10.5. The first-order valence-electron chi connectivity index (χ1n) is 5.11. The molecule has 4 nitrogen and oxygen atoms in total. The van der Waals surface area contributed by atoms with Gasteiger partial charge in [0.25, 0.3) is 0 Å². The van der Waals surface area contributed by atoms with Crippen molar-refractivity contribution in [2.45, 2.75) is 33.3 Å². The number of carbonyl (C=O) groups is 1. The van der Waals surface area contributed by atoms with Gasteiger partial charge in [0.2, 0.25) is 0 Å². The molecule has 0 bridgehead atoms. The molecule has 0 atom stereocenters. The van der Waals surface area contributed by atoms with Crippen LogP contribution in [0, 0.1) is 6.92 Å². The van der Waals surface area contributed by atoms with Crippen molar-refractivity contribution in [3.05, 3.63) is 23.3 Å². The summed E-state index contributed by atoms with van der Waals surface area (Å²) in [5, 5.41) is 19.0. The van der Waals surface area contributed by atoms with E-state index in [1.54, 1.807) is 20.8 Å². The molecule has 0 spiro atoms. The fourth-order valence-corrected chi connectivity index (χ4v) is 1.33. The van der Waals surface area contributed by atoms with Crippen LogP contribution in [0.1, 0.15) is 25.0 Å². The van der Waals surface area contributed by atoms with Gasteiger partial charge >= 0.3 is 5.97 Å². The predicted molar refractivity (Wildman–Crippen MR) is 59.4 cm³/mol. The molecule has 1 aromatic carbocycles. The first-order valence-corrected chi connectivity index (χ1v) is 5.11. The zero-order valence-corrected chi connectivity index (χ0v) is 9.65. The molecule has 2 N–H and O–H groups in total. The third kappa shape index (κ3) is 3.15. The number of rotatable bonds is 3. The molecule has 16 heavy (non-hydrogen) atoms. The van der Waals surface area contributed by atoms with Crippen molar-refractivity contribution in [1.82, 2.24) is 0 Å². The van der Waals surface area contributed by atoms with Crippen molar-refractivity contribution in [2.24, 2.45) is 0 Å². The molecule has 0 aliphatic heterocycles. The molecular weight excluding hydrogens is 208 g/mol. The van der Waals surface area contributed by atoms with Crippen LogP contribution in [-0.4, -0.2) is 22.3 Å². The molecular formula is C12H16O4. The smallest absolute Gasteiger partial charge is 0.310 e. The Morgan fingerprint density at radius 1 is 1.31 bits per heavy atom. The highest BCUT2D eigenvalue weighted by Gasteiger charge is 2.12. The van der Waals surface area contributed by atoms with Gasteiger partial charge in [0.05, 0.1) is 12.5 Å². The van der Waals surface area contributed by atoms with Crippen LogP contribution >= 0.6 is 0 Å². The Morgan fingerprint density at radius 3 is 2.50 bits per heavy atom. The van der Waals surface area contributed by atoms with E-state index in [0.29, 0.717) is 11.1 Å². The number of phenolic OH excluding ortho intramolecular Hbond substituents is 2. The van der Waals surface area contributed by atoms with Gasteiger partial charge in [0.1, 0.15) is 11.5 Å². The monoisotopic (exact) mass is 224 g/mol. The lowest BCUT2D eigenvalue weighted by Crippen LogP contribution is -2.13. The van der Waals surface area contributed by atoms with Crippen LogP contribution in [0.3, 0.4) is 0 Å². The Labute approximate surface area is 94.5 Å². The van der Waals surface area contributed by atoms with Crippen LogP contribution in [0.5, 0.6) is 11.5 Å². The van der Waals surface area contributed by atoms with Gasteiger partial charge in [-0.2, -0.15) is 0 Å². The Morgan fingerprint density at radius 2 is 1.94 bits per heavy atom. The van der Waals surface area contributed by atoms with Gasteiger partial charge in [-0.15, -0.1) is 0 Å². The Balaban J connectivity index is 2.81. The van der Waals surface area contributed by atoms with E-state index in [1.165, 1.54) is 12.1 Å². The van der Waals surface area contributed by atoms with E-state index in [1.807, 2.05) is 0 Å². The van der Waals surface area contributed by atoms with Crippen molar-refractivity contribution < 1.29 is 19.7 Å². The zero-order chi connectivity index (χ0) is 12.3. The number of esters is 1. The third-order valence-corrected chi connectivity index (χ3v) is 2.10. The lowest BCUT2D eigenvalue weighted by atomic mass is 10.1. The summed E-state index contributed by atoms with van der Waals surface area (Å²) in [6.07, 6.45) is -0.230. The average Bonchev–Trinajstić information content (AvgIpc) is 2.12. The molecule has 0 fully saturated rings. The van der Waals surface area contributed by atoms with Crippen molar-refractivity contribution in [2.75, 3.05) is 0 Å². The number of benzene rings is 1. The van der Waals surface area contributed by atoms with Crippen LogP contribution in [0.2, 0.25) is 0 Å². The quantitative estimate of drug-likeness (QED) is 0.608. The lowest BCUT2D eigenvalue weighted by molar-refractivity contribution is -0.146. The van der Waals surface area contributed by atoms with Crippen LogP contribution in [0.25, 0.3) is 0 Å². The first kappa shape index (κ1) is 12.4. The van der Waals surface area contributed by atoms with E-state index in [4.69, 9.17) is 4.74 Å². The maximum atomic E-state index is 11.4. The van der Waals surface area contributed by atoms with E-state index in [0.717, 1.165) is 0 Å². The zero-order valence-electron chi connectivity index (χ0n) is 9.65. The number of hydrogen-bond acceptors (Lipinski definition) is 4. The second-order valence-electron chi connectivity index (χ2n) is 3.98. The van der Waals surface area contributed by atoms with Crippen LogP contribution < -0.4 is 0 Å². The van der Waals surface area contributed by atoms with Crippen molar-refractivity contribution in [3.63, 3.8) is 0 Å². The average molecular weight is 224 g/mol. The summed E-state index contributed by atoms with van der Waals surface area (Å²) in [7, 11) is 0. The molecule has 0 aliphatic rings. The minimum absolute atomic E-state index is 0.00370. The highest BCUT2D eigenvalue weighted by atomic mass is 16.5. The number of phenols is 2. The standard InChI is InChI=1S/C12H16O4/c1-7(2)16-12(15)6-9-5-10(13)8(3)4-11(9)14/h4-5,7,13-14H,6H2,1-3H3. The number of hydrogen-bond donors (Lipinski definition) is 2. The molecule has 4 heteroatoms. The van der Waals surface area contributed by atoms with E-state index in [-0.39, 0.29) is 24.0 Å². The fourth-order valence-electron chi connectivity index (χ4n) is 1.33. The number of ether oxygens (including phenoxy) is 1. The molecule has 0 unspecified atom stereocenters. The number of aryl methyl sites for hydroxylation is 1. The molecule has 0 saturated heterocycles. The Hall–Kier alpha value is -1.71. The minimum atomic E-state index is -0.423. The molecule has 1 aromatic rings. The van der Waals surface area contributed by atoms with E-state index >= 15 is 0 Å². The van der Waals surface area contributed by atoms with Crippen molar-refractivity contribution in [3.8, 4) is 11.5 Å². The summed E-state index contributed by atoms with van der Waals surface area (Å²) in [6.45, 7) is 5.18. The molecule has 0 heterocycles. The van der Waals surface area contributed by atoms with Gasteiger partial charge in [0, 0.05) is 5.56 Å². The topological polar surface area (TPSA) is 66.8 Å². The van der Waals surface area contributed by atoms with E-state index in [2.05, 4.69) is 0 Å². The van der Waals surface area contributed by atoms with Crippen molar-refractivity contribution in [1.29, 1.82) is 0 Å². The van der Waals surface area contributed by atoms with E-state index in [9.17, 15) is 15.0 Å². The summed E-state index contributed by atoms with van der Waals surface area (Å²) in [6, 6.07) is 2.81. The summed E-state index contributed by atoms with van der Waals surface area (Å²) in [5.41, 5.74) is 0.937. The van der Waals surface area contributed by atoms with E-state index < -0.39 is 5.97 Å². The van der Waals surface area contributed by atoms with Gasteiger partial charge in [-0.05, 0) is 38.5 Å². The van der Waals surface area contributed by atoms with Crippen LogP contribution in [0.4, 0.5) is 0 Å². The Kier molecular flexibility index (Phi) is 3.77. The summed E-state index contributed by atoms with van der Waals surface area (Å²) >= 11 is 0. The highest BCUT2D eigenvalue weighted by molar-refractivity contribution is 5.74. The number of aromatic hydroxyl groups is 2. The molecule has 0 radical (unpaired) electrons. The minimum Gasteiger partial charge on any atom is -0.508 e. The largest absolute Gasteiger partial charge is 0.508 e. The summed E-state index contributed by atoms with van der Waals surface area (Å²) in [4.78, 5) is 11.4. The van der Waals surface area contributed by atoms with Gasteiger partial charge in [-0.3, -0.25) is 4.79 Å². The Bertz CT molecular complexity index is 396. The van der Waals surface area contributed by atoms with Crippen molar-refractivity contribution >= 4 is 5.97 Å². The second-order valence-corrected chi connectivity index (χ2v) is 3.98. The highest BCUT2D eigenvalue weighted by Crippen LogP contribution is 2.27. The summed E-state index contributed by atoms with van der Waals surface area (Å²) in [5.74, 6) is -0.366. The second kappa shape index (κ2) is 4.88. The maximum absolute atomic E-state index is 11.4. The van der Waals surface area contributed by atoms with Gasteiger partial charge in [-0.1, -0.05) is 0 Å². The molecule has 1 rings (SSSR count). The number of carbonyl (C=O) groups excluding carboxylic acids is 1. The summed E-state index contributed by atoms with van der Waals surface area (Å²) < 4.78 is 4.95. The first-order chi connectivity index (χ1) is 7.40. The fraction of sp³-hybridized carbons (Fsp3) is 0.417. The lowest BCUT2D eigenvalue weighted by Gasteiger charge is -2.10. The maximum Gasteiger partial charge on any atom is 0.310 e. The molecule has 0 aliphatic carbocycles. The van der Waals surface area contributed by atoms with Gasteiger partial charge < -0.3 is 14.9 Å². The van der Waals surface area contributed by atoms with Gasteiger partial charge in [0.15, 0.2) is 0 Å². The van der Waals surface area contributed by atoms with Crippen LogP contribution in [0.15, 0.2) is 12.1 Å². The van der Waals surface area contributed by atoms with Gasteiger partial charge in [-0.25, -0.2) is 0 Å². The molecule has 0 aromatic heterocycles.